The van der Waals surface area contributed by atoms with Gasteiger partial charge in [-0.2, -0.15) is 0 Å². The minimum Gasteiger partial charge on any atom is -0.383 e. The lowest BCUT2D eigenvalue weighted by Gasteiger charge is -2.21. The summed E-state index contributed by atoms with van der Waals surface area (Å²) in [6.07, 6.45) is 5.50. The second kappa shape index (κ2) is 7.89. The molecule has 1 saturated heterocycles. The van der Waals surface area contributed by atoms with E-state index in [0.29, 0.717) is 19.5 Å². The van der Waals surface area contributed by atoms with Crippen LogP contribution in [-0.4, -0.2) is 46.0 Å². The zero-order valence-corrected chi connectivity index (χ0v) is 12.9. The number of carbonyl (C=O) groups excluding carboxylic acids is 2. The second-order valence-electron chi connectivity index (χ2n) is 5.55. The van der Waals surface area contributed by atoms with E-state index in [1.807, 2.05) is 13.0 Å². The fraction of sp³-hybridized carbons (Fsp3) is 0.562. The van der Waals surface area contributed by atoms with Gasteiger partial charge in [0.25, 0.3) is 5.91 Å². The van der Waals surface area contributed by atoms with Gasteiger partial charge in [0.1, 0.15) is 6.10 Å². The molecule has 1 unspecified atom stereocenters. The van der Waals surface area contributed by atoms with Crippen molar-refractivity contribution in [1.82, 2.24) is 15.2 Å². The summed E-state index contributed by atoms with van der Waals surface area (Å²) in [5.41, 5.74) is 2.14. The molecule has 1 aromatic heterocycles. The first kappa shape index (κ1) is 16.4. The van der Waals surface area contributed by atoms with E-state index in [4.69, 9.17) is 0 Å². The largest absolute Gasteiger partial charge is 0.383 e. The maximum Gasteiger partial charge on any atom is 0.251 e. The molecule has 0 bridgehead atoms. The fourth-order valence-corrected chi connectivity index (χ4v) is 2.61. The molecule has 22 heavy (non-hydrogen) atoms. The number of nitrogens with zero attached hydrogens (tertiary/aromatic N) is 2. The molecule has 120 valence electrons. The number of amides is 2. The highest BCUT2D eigenvalue weighted by Gasteiger charge is 2.26. The van der Waals surface area contributed by atoms with Crippen LogP contribution >= 0.6 is 0 Å². The number of hydrogen-bond donors (Lipinski definition) is 2. The van der Waals surface area contributed by atoms with Crippen LogP contribution in [0.1, 0.15) is 37.3 Å². The average molecular weight is 305 g/mol. The Kier molecular flexibility index (Phi) is 5.89. The molecule has 1 aromatic rings. The van der Waals surface area contributed by atoms with Gasteiger partial charge < -0.3 is 15.3 Å². The van der Waals surface area contributed by atoms with Gasteiger partial charge in [0.2, 0.25) is 5.91 Å². The molecule has 6 heteroatoms. The van der Waals surface area contributed by atoms with Crippen molar-refractivity contribution in [3.05, 3.63) is 29.6 Å². The number of nitrogens with one attached hydrogen (secondary N) is 1. The highest BCUT2D eigenvalue weighted by atomic mass is 16.3. The first-order chi connectivity index (χ1) is 10.6. The fourth-order valence-electron chi connectivity index (χ4n) is 2.61. The Morgan fingerprint density at radius 2 is 2.27 bits per heavy atom. The van der Waals surface area contributed by atoms with Gasteiger partial charge in [-0.3, -0.25) is 14.6 Å². The lowest BCUT2D eigenvalue weighted by Crippen LogP contribution is -2.44. The molecule has 0 aromatic carbocycles. The molecule has 2 heterocycles. The third-order valence-corrected chi connectivity index (χ3v) is 3.95. The Hall–Kier alpha value is -1.95. The number of pyridine rings is 1. The van der Waals surface area contributed by atoms with Crippen molar-refractivity contribution in [3.8, 4) is 0 Å². The lowest BCUT2D eigenvalue weighted by atomic mass is 10.1. The SMILES string of the molecule is CCc1cnccc1CNC(=O)CN1CCCCC(O)C1=O. The normalized spacial score (nSPS) is 18.9. The van der Waals surface area contributed by atoms with Gasteiger partial charge in [-0.15, -0.1) is 0 Å². The predicted octanol–water partition coefficient (Wildman–Crippen LogP) is 0.634. The number of aromatic nitrogens is 1. The average Bonchev–Trinajstić information content (AvgIpc) is 2.69. The monoisotopic (exact) mass is 305 g/mol. The summed E-state index contributed by atoms with van der Waals surface area (Å²) >= 11 is 0. The van der Waals surface area contributed by atoms with Gasteiger partial charge in [-0.05, 0) is 42.9 Å². The van der Waals surface area contributed by atoms with Gasteiger partial charge >= 0.3 is 0 Å². The van der Waals surface area contributed by atoms with Gasteiger partial charge in [0.15, 0.2) is 0 Å². The maximum atomic E-state index is 12.0. The van der Waals surface area contributed by atoms with Crippen LogP contribution in [0.2, 0.25) is 0 Å². The summed E-state index contributed by atoms with van der Waals surface area (Å²) in [6, 6.07) is 1.89. The van der Waals surface area contributed by atoms with Gasteiger partial charge in [-0.1, -0.05) is 6.92 Å². The molecule has 0 spiro atoms. The van der Waals surface area contributed by atoms with Crippen molar-refractivity contribution >= 4 is 11.8 Å². The third kappa shape index (κ3) is 4.27. The number of rotatable bonds is 5. The molecular formula is C16H23N3O3. The van der Waals surface area contributed by atoms with Crippen molar-refractivity contribution in [2.24, 2.45) is 0 Å². The first-order valence-electron chi connectivity index (χ1n) is 7.77. The molecular weight excluding hydrogens is 282 g/mol. The Balaban J connectivity index is 1.88. The Morgan fingerprint density at radius 3 is 3.05 bits per heavy atom. The zero-order valence-electron chi connectivity index (χ0n) is 12.9. The highest BCUT2D eigenvalue weighted by Crippen LogP contribution is 2.12. The molecule has 2 N–H and O–H groups in total. The summed E-state index contributed by atoms with van der Waals surface area (Å²) in [5, 5.41) is 12.5. The second-order valence-corrected chi connectivity index (χ2v) is 5.55. The van der Waals surface area contributed by atoms with E-state index in [2.05, 4.69) is 10.3 Å². The zero-order chi connectivity index (χ0) is 15.9. The number of hydrogen-bond acceptors (Lipinski definition) is 4. The van der Waals surface area contributed by atoms with Crippen molar-refractivity contribution < 1.29 is 14.7 Å². The van der Waals surface area contributed by atoms with E-state index in [-0.39, 0.29) is 18.4 Å². The number of likely N-dealkylation sites (tertiary alicyclic amines) is 1. The standard InChI is InChI=1S/C16H23N3O3/c1-2-12-9-17-7-6-13(12)10-18-15(21)11-19-8-4-3-5-14(20)16(19)22/h6-7,9,14,20H,2-5,8,10-11H2,1H3,(H,18,21). The van der Waals surface area contributed by atoms with E-state index >= 15 is 0 Å². The molecule has 2 rings (SSSR count). The van der Waals surface area contributed by atoms with Crippen LogP contribution in [0.5, 0.6) is 0 Å². The van der Waals surface area contributed by atoms with Crippen LogP contribution < -0.4 is 5.32 Å². The van der Waals surface area contributed by atoms with E-state index in [9.17, 15) is 14.7 Å². The number of aryl methyl sites for hydroxylation is 1. The molecule has 0 aliphatic carbocycles. The quantitative estimate of drug-likeness (QED) is 0.836. The maximum absolute atomic E-state index is 12.0. The molecule has 0 radical (unpaired) electrons. The summed E-state index contributed by atoms with van der Waals surface area (Å²) in [6.45, 7) is 3.00. The van der Waals surface area contributed by atoms with Gasteiger partial charge in [-0.25, -0.2) is 0 Å². The van der Waals surface area contributed by atoms with Crippen LogP contribution in [0, 0.1) is 0 Å². The lowest BCUT2D eigenvalue weighted by molar-refractivity contribution is -0.142. The van der Waals surface area contributed by atoms with Crippen LogP contribution in [0.25, 0.3) is 0 Å². The molecule has 1 aliphatic rings. The topological polar surface area (TPSA) is 82.5 Å². The molecule has 6 nitrogen and oxygen atoms in total. The van der Waals surface area contributed by atoms with E-state index in [1.165, 1.54) is 4.90 Å². The smallest absolute Gasteiger partial charge is 0.251 e. The van der Waals surface area contributed by atoms with Crippen molar-refractivity contribution in [2.75, 3.05) is 13.1 Å². The van der Waals surface area contributed by atoms with Gasteiger partial charge in [0.05, 0.1) is 6.54 Å². The van der Waals surface area contributed by atoms with Crippen LogP contribution in [0.3, 0.4) is 0 Å². The van der Waals surface area contributed by atoms with Crippen molar-refractivity contribution in [2.45, 2.75) is 45.3 Å². The number of aliphatic hydroxyl groups excluding tert-OH is 1. The highest BCUT2D eigenvalue weighted by molar-refractivity contribution is 5.87. The van der Waals surface area contributed by atoms with Crippen LogP contribution in [0.15, 0.2) is 18.5 Å². The van der Waals surface area contributed by atoms with Crippen molar-refractivity contribution in [3.63, 3.8) is 0 Å². The van der Waals surface area contributed by atoms with E-state index in [1.54, 1.807) is 12.4 Å². The summed E-state index contributed by atoms with van der Waals surface area (Å²) in [4.78, 5) is 29.5. The Morgan fingerprint density at radius 1 is 1.45 bits per heavy atom. The first-order valence-corrected chi connectivity index (χ1v) is 7.77. The number of aliphatic hydroxyl groups is 1. The third-order valence-electron chi connectivity index (χ3n) is 3.95. The summed E-state index contributed by atoms with van der Waals surface area (Å²) < 4.78 is 0. The molecule has 2 amide bonds. The molecule has 1 fully saturated rings. The predicted molar refractivity (Wildman–Crippen MR) is 81.9 cm³/mol. The van der Waals surface area contributed by atoms with Gasteiger partial charge in [0, 0.05) is 25.5 Å². The Bertz CT molecular complexity index is 533. The van der Waals surface area contributed by atoms with E-state index < -0.39 is 6.10 Å². The van der Waals surface area contributed by atoms with Crippen molar-refractivity contribution in [1.29, 1.82) is 0 Å². The Labute approximate surface area is 130 Å². The van der Waals surface area contributed by atoms with Crippen LogP contribution in [0.4, 0.5) is 0 Å². The van der Waals surface area contributed by atoms with Crippen LogP contribution in [-0.2, 0) is 22.6 Å². The minimum absolute atomic E-state index is 0.00242. The number of carbonyl (C=O) groups is 2. The summed E-state index contributed by atoms with van der Waals surface area (Å²) in [7, 11) is 0. The van der Waals surface area contributed by atoms with E-state index in [0.717, 1.165) is 30.4 Å². The molecule has 0 saturated carbocycles. The summed E-state index contributed by atoms with van der Waals surface area (Å²) in [5.74, 6) is -0.549. The molecule has 1 atom stereocenters. The minimum atomic E-state index is -0.970. The molecule has 1 aliphatic heterocycles.